The first-order valence-electron chi connectivity index (χ1n) is 7.52. The lowest BCUT2D eigenvalue weighted by Crippen LogP contribution is -2.23. The van der Waals surface area contributed by atoms with Crippen LogP contribution in [0.5, 0.6) is 0 Å². The number of carbonyl (C=O) groups excluding carboxylic acids is 1. The van der Waals surface area contributed by atoms with Gasteiger partial charge in [-0.25, -0.2) is 0 Å². The minimum Gasteiger partial charge on any atom is -0.481 e. The third kappa shape index (κ3) is 4.67. The van der Waals surface area contributed by atoms with Crippen molar-refractivity contribution in [3.8, 4) is 0 Å². The SMILES string of the molecule is Cc1nn(Cc2ccccc2)c(C)c1CNC(=O)CCC(=O)O. The number of amides is 1. The van der Waals surface area contributed by atoms with E-state index in [4.69, 9.17) is 5.11 Å². The van der Waals surface area contributed by atoms with Crippen LogP contribution in [-0.4, -0.2) is 26.8 Å². The molecule has 0 fully saturated rings. The number of hydrogen-bond acceptors (Lipinski definition) is 3. The Morgan fingerprint density at radius 3 is 2.52 bits per heavy atom. The van der Waals surface area contributed by atoms with E-state index in [1.54, 1.807) is 0 Å². The van der Waals surface area contributed by atoms with Gasteiger partial charge in [0.05, 0.1) is 18.7 Å². The third-order valence-corrected chi connectivity index (χ3v) is 3.73. The first kappa shape index (κ1) is 16.7. The van der Waals surface area contributed by atoms with Gasteiger partial charge in [-0.15, -0.1) is 0 Å². The summed E-state index contributed by atoms with van der Waals surface area (Å²) >= 11 is 0. The lowest BCUT2D eigenvalue weighted by atomic mass is 10.2. The monoisotopic (exact) mass is 315 g/mol. The van der Waals surface area contributed by atoms with Crippen LogP contribution < -0.4 is 5.32 Å². The summed E-state index contributed by atoms with van der Waals surface area (Å²) in [6, 6.07) is 10.0. The highest BCUT2D eigenvalue weighted by molar-refractivity contribution is 5.80. The normalized spacial score (nSPS) is 10.5. The van der Waals surface area contributed by atoms with Crippen molar-refractivity contribution in [3.63, 3.8) is 0 Å². The lowest BCUT2D eigenvalue weighted by molar-refractivity contribution is -0.138. The lowest BCUT2D eigenvalue weighted by Gasteiger charge is -2.07. The van der Waals surface area contributed by atoms with Crippen LogP contribution in [0.1, 0.15) is 35.4 Å². The Labute approximate surface area is 135 Å². The van der Waals surface area contributed by atoms with Gasteiger partial charge in [0, 0.05) is 24.2 Å². The first-order chi connectivity index (χ1) is 11.0. The topological polar surface area (TPSA) is 84.2 Å². The fourth-order valence-electron chi connectivity index (χ4n) is 2.40. The zero-order valence-corrected chi connectivity index (χ0v) is 13.4. The van der Waals surface area contributed by atoms with Crippen molar-refractivity contribution in [3.05, 3.63) is 52.8 Å². The number of aliphatic carboxylic acids is 1. The molecule has 2 aromatic rings. The summed E-state index contributed by atoms with van der Waals surface area (Å²) in [5, 5.41) is 15.9. The highest BCUT2D eigenvalue weighted by Gasteiger charge is 2.13. The second-order valence-corrected chi connectivity index (χ2v) is 5.46. The van der Waals surface area contributed by atoms with E-state index in [1.165, 1.54) is 0 Å². The number of hydrogen-bond donors (Lipinski definition) is 2. The van der Waals surface area contributed by atoms with Crippen molar-refractivity contribution < 1.29 is 14.7 Å². The summed E-state index contributed by atoms with van der Waals surface area (Å²) < 4.78 is 1.92. The molecule has 0 saturated heterocycles. The Bertz CT molecular complexity index is 693. The van der Waals surface area contributed by atoms with Crippen molar-refractivity contribution in [2.45, 2.75) is 39.8 Å². The largest absolute Gasteiger partial charge is 0.481 e. The summed E-state index contributed by atoms with van der Waals surface area (Å²) in [4.78, 5) is 22.1. The molecule has 1 heterocycles. The zero-order chi connectivity index (χ0) is 16.8. The number of nitrogens with one attached hydrogen (secondary N) is 1. The maximum Gasteiger partial charge on any atom is 0.303 e. The van der Waals surface area contributed by atoms with Crippen LogP contribution in [0.25, 0.3) is 0 Å². The molecule has 122 valence electrons. The molecular weight excluding hydrogens is 294 g/mol. The van der Waals surface area contributed by atoms with Crippen molar-refractivity contribution in [2.75, 3.05) is 0 Å². The van der Waals surface area contributed by atoms with Gasteiger partial charge < -0.3 is 10.4 Å². The molecule has 23 heavy (non-hydrogen) atoms. The Morgan fingerprint density at radius 1 is 1.17 bits per heavy atom. The van der Waals surface area contributed by atoms with Crippen LogP contribution in [0.2, 0.25) is 0 Å². The van der Waals surface area contributed by atoms with Crippen molar-refractivity contribution in [1.29, 1.82) is 0 Å². The summed E-state index contributed by atoms with van der Waals surface area (Å²) in [7, 11) is 0. The predicted molar refractivity (Wildman–Crippen MR) is 86.0 cm³/mol. The van der Waals surface area contributed by atoms with Crippen molar-refractivity contribution in [2.24, 2.45) is 0 Å². The molecule has 2 N–H and O–H groups in total. The van der Waals surface area contributed by atoms with Gasteiger partial charge in [0.2, 0.25) is 5.91 Å². The number of carboxylic acid groups (broad SMARTS) is 1. The van der Waals surface area contributed by atoms with Gasteiger partial charge in [-0.2, -0.15) is 5.10 Å². The maximum atomic E-state index is 11.6. The molecule has 6 heteroatoms. The molecule has 0 unspecified atom stereocenters. The van der Waals surface area contributed by atoms with Gasteiger partial charge in [0.15, 0.2) is 0 Å². The van der Waals surface area contributed by atoms with Gasteiger partial charge >= 0.3 is 5.97 Å². The van der Waals surface area contributed by atoms with Crippen LogP contribution in [0.15, 0.2) is 30.3 Å². The smallest absolute Gasteiger partial charge is 0.303 e. The maximum absolute atomic E-state index is 11.6. The van der Waals surface area contributed by atoms with Crippen molar-refractivity contribution >= 4 is 11.9 Å². The van der Waals surface area contributed by atoms with Crippen LogP contribution in [0.4, 0.5) is 0 Å². The van der Waals surface area contributed by atoms with Gasteiger partial charge in [-0.3, -0.25) is 14.3 Å². The average Bonchev–Trinajstić information content (AvgIpc) is 2.78. The molecule has 1 aromatic heterocycles. The van der Waals surface area contributed by atoms with Crippen LogP contribution >= 0.6 is 0 Å². The van der Waals surface area contributed by atoms with Crippen molar-refractivity contribution in [1.82, 2.24) is 15.1 Å². The van der Waals surface area contributed by atoms with Crippen LogP contribution in [0, 0.1) is 13.8 Å². The van der Waals surface area contributed by atoms with E-state index in [0.717, 1.165) is 22.5 Å². The molecule has 0 aliphatic rings. The van der Waals surface area contributed by atoms with Crippen LogP contribution in [0.3, 0.4) is 0 Å². The van der Waals surface area contributed by atoms with Gasteiger partial charge in [-0.1, -0.05) is 30.3 Å². The highest BCUT2D eigenvalue weighted by Crippen LogP contribution is 2.14. The molecule has 1 amide bonds. The standard InChI is InChI=1S/C17H21N3O3/c1-12-15(10-18-16(21)8-9-17(22)23)13(2)20(19-12)11-14-6-4-3-5-7-14/h3-7H,8-11H2,1-2H3,(H,18,21)(H,22,23). The number of benzene rings is 1. The first-order valence-corrected chi connectivity index (χ1v) is 7.52. The minimum atomic E-state index is -0.969. The molecule has 1 aromatic carbocycles. The second-order valence-electron chi connectivity index (χ2n) is 5.46. The van der Waals surface area contributed by atoms with E-state index in [2.05, 4.69) is 10.4 Å². The zero-order valence-electron chi connectivity index (χ0n) is 13.4. The van der Waals surface area contributed by atoms with Gasteiger partial charge in [0.25, 0.3) is 0 Å². The Hall–Kier alpha value is -2.63. The summed E-state index contributed by atoms with van der Waals surface area (Å²) in [6.45, 7) is 4.93. The minimum absolute atomic E-state index is 0.00835. The Morgan fingerprint density at radius 2 is 1.87 bits per heavy atom. The molecule has 0 bridgehead atoms. The van der Waals surface area contributed by atoms with E-state index >= 15 is 0 Å². The number of aryl methyl sites for hydroxylation is 1. The van der Waals surface area contributed by atoms with Gasteiger partial charge in [-0.05, 0) is 19.4 Å². The number of carbonyl (C=O) groups is 2. The van der Waals surface area contributed by atoms with E-state index in [1.807, 2.05) is 48.9 Å². The molecule has 2 rings (SSSR count). The van der Waals surface area contributed by atoms with E-state index in [9.17, 15) is 9.59 Å². The molecule has 0 aliphatic carbocycles. The molecule has 0 aliphatic heterocycles. The third-order valence-electron chi connectivity index (χ3n) is 3.73. The number of rotatable bonds is 7. The Balaban J connectivity index is 2.00. The van der Waals surface area contributed by atoms with Gasteiger partial charge in [0.1, 0.15) is 0 Å². The molecule has 0 saturated carbocycles. The number of aromatic nitrogens is 2. The molecule has 0 atom stereocenters. The van der Waals surface area contributed by atoms with E-state index in [0.29, 0.717) is 13.1 Å². The van der Waals surface area contributed by atoms with E-state index < -0.39 is 5.97 Å². The summed E-state index contributed by atoms with van der Waals surface area (Å²) in [5.74, 6) is -1.23. The second kappa shape index (κ2) is 7.58. The highest BCUT2D eigenvalue weighted by atomic mass is 16.4. The predicted octanol–water partition coefficient (Wildman–Crippen LogP) is 2.03. The van der Waals surface area contributed by atoms with E-state index in [-0.39, 0.29) is 18.7 Å². The average molecular weight is 315 g/mol. The molecule has 0 spiro atoms. The fraction of sp³-hybridized carbons (Fsp3) is 0.353. The quantitative estimate of drug-likeness (QED) is 0.819. The van der Waals surface area contributed by atoms with Crippen LogP contribution in [-0.2, 0) is 22.7 Å². The summed E-state index contributed by atoms with van der Waals surface area (Å²) in [5.41, 5.74) is 4.02. The molecule has 6 nitrogen and oxygen atoms in total. The number of carboxylic acids is 1. The fourth-order valence-corrected chi connectivity index (χ4v) is 2.40. The Kier molecular flexibility index (Phi) is 5.51. The molecular formula is C17H21N3O3. The summed E-state index contributed by atoms with van der Waals surface area (Å²) in [6.07, 6.45) is -0.164. The number of nitrogens with zero attached hydrogens (tertiary/aromatic N) is 2. The molecule has 0 radical (unpaired) electrons.